The number of aryl methyl sites for hydroxylation is 1. The SMILES string of the molecule is Cc1ccccc1C(C#N)C(=O)C1(c2ccccc2)CC1. The van der Waals surface area contributed by atoms with E-state index in [0.29, 0.717) is 0 Å². The van der Waals surface area contributed by atoms with Gasteiger partial charge in [-0.05, 0) is 36.5 Å². The molecule has 0 bridgehead atoms. The standard InChI is InChI=1S/C19H17NO/c1-14-7-5-6-10-16(14)17(13-20)18(21)19(11-12-19)15-8-3-2-4-9-15/h2-10,17H,11-12H2,1H3. The molecule has 2 aromatic carbocycles. The smallest absolute Gasteiger partial charge is 0.164 e. The van der Waals surface area contributed by atoms with Crippen molar-refractivity contribution in [1.29, 1.82) is 5.26 Å². The lowest BCUT2D eigenvalue weighted by atomic mass is 9.81. The van der Waals surface area contributed by atoms with Crippen LogP contribution in [0.3, 0.4) is 0 Å². The summed E-state index contributed by atoms with van der Waals surface area (Å²) in [6.45, 7) is 1.95. The fourth-order valence-corrected chi connectivity index (χ4v) is 3.02. The molecule has 21 heavy (non-hydrogen) atoms. The van der Waals surface area contributed by atoms with Crippen molar-refractivity contribution in [2.75, 3.05) is 0 Å². The molecule has 1 aliphatic rings. The summed E-state index contributed by atoms with van der Waals surface area (Å²) in [4.78, 5) is 13.0. The molecular weight excluding hydrogens is 258 g/mol. The van der Waals surface area contributed by atoms with Crippen LogP contribution in [0.25, 0.3) is 0 Å². The second kappa shape index (κ2) is 5.18. The number of benzene rings is 2. The van der Waals surface area contributed by atoms with Gasteiger partial charge in [0.15, 0.2) is 5.78 Å². The summed E-state index contributed by atoms with van der Waals surface area (Å²) >= 11 is 0. The molecule has 0 heterocycles. The van der Waals surface area contributed by atoms with Gasteiger partial charge >= 0.3 is 0 Å². The van der Waals surface area contributed by atoms with E-state index in [1.54, 1.807) is 0 Å². The van der Waals surface area contributed by atoms with Crippen LogP contribution in [0.15, 0.2) is 54.6 Å². The van der Waals surface area contributed by atoms with Gasteiger partial charge in [0.25, 0.3) is 0 Å². The van der Waals surface area contributed by atoms with Gasteiger partial charge in [0.2, 0.25) is 0 Å². The molecule has 1 saturated carbocycles. The molecule has 2 nitrogen and oxygen atoms in total. The summed E-state index contributed by atoms with van der Waals surface area (Å²) < 4.78 is 0. The third-order valence-corrected chi connectivity index (χ3v) is 4.44. The molecule has 1 fully saturated rings. The van der Waals surface area contributed by atoms with Crippen LogP contribution in [-0.4, -0.2) is 5.78 Å². The molecule has 3 rings (SSSR count). The summed E-state index contributed by atoms with van der Waals surface area (Å²) in [6.07, 6.45) is 1.69. The molecule has 2 heteroatoms. The Balaban J connectivity index is 1.98. The van der Waals surface area contributed by atoms with E-state index in [0.717, 1.165) is 29.5 Å². The van der Waals surface area contributed by atoms with Crippen LogP contribution < -0.4 is 0 Å². The van der Waals surface area contributed by atoms with Crippen LogP contribution in [0.1, 0.15) is 35.4 Å². The summed E-state index contributed by atoms with van der Waals surface area (Å²) in [6, 6.07) is 19.8. The van der Waals surface area contributed by atoms with Crippen LogP contribution in [0.5, 0.6) is 0 Å². The summed E-state index contributed by atoms with van der Waals surface area (Å²) in [7, 11) is 0. The van der Waals surface area contributed by atoms with E-state index in [1.165, 1.54) is 0 Å². The second-order valence-corrected chi connectivity index (χ2v) is 5.73. The Morgan fingerprint density at radius 1 is 1.10 bits per heavy atom. The van der Waals surface area contributed by atoms with Gasteiger partial charge in [-0.3, -0.25) is 4.79 Å². The quantitative estimate of drug-likeness (QED) is 0.849. The maximum Gasteiger partial charge on any atom is 0.164 e. The molecule has 0 radical (unpaired) electrons. The van der Waals surface area contributed by atoms with Gasteiger partial charge in [-0.2, -0.15) is 5.26 Å². The van der Waals surface area contributed by atoms with Crippen LogP contribution in [0.4, 0.5) is 0 Å². The molecule has 1 aliphatic carbocycles. The van der Waals surface area contributed by atoms with Crippen molar-refractivity contribution in [2.45, 2.75) is 31.1 Å². The Labute approximate surface area is 125 Å². The van der Waals surface area contributed by atoms with Crippen LogP contribution in [0.2, 0.25) is 0 Å². The predicted molar refractivity (Wildman–Crippen MR) is 81.9 cm³/mol. The van der Waals surface area contributed by atoms with Crippen molar-refractivity contribution in [3.63, 3.8) is 0 Å². The molecule has 0 aliphatic heterocycles. The lowest BCUT2D eigenvalue weighted by Crippen LogP contribution is -2.26. The van der Waals surface area contributed by atoms with E-state index in [4.69, 9.17) is 0 Å². The highest BCUT2D eigenvalue weighted by atomic mass is 16.1. The van der Waals surface area contributed by atoms with E-state index in [-0.39, 0.29) is 5.78 Å². The summed E-state index contributed by atoms with van der Waals surface area (Å²) in [5.74, 6) is -0.626. The maximum atomic E-state index is 13.0. The van der Waals surface area contributed by atoms with Gasteiger partial charge in [0.05, 0.1) is 11.5 Å². The van der Waals surface area contributed by atoms with Gasteiger partial charge in [-0.25, -0.2) is 0 Å². The van der Waals surface area contributed by atoms with Gasteiger partial charge in [0, 0.05) is 0 Å². The topological polar surface area (TPSA) is 40.9 Å². The average molecular weight is 275 g/mol. The Hall–Kier alpha value is -2.40. The molecule has 0 spiro atoms. The minimum Gasteiger partial charge on any atom is -0.297 e. The van der Waals surface area contributed by atoms with Crippen LogP contribution in [0, 0.1) is 18.3 Å². The van der Waals surface area contributed by atoms with E-state index < -0.39 is 11.3 Å². The minimum atomic E-state index is -0.672. The number of carbonyl (C=O) groups is 1. The van der Waals surface area contributed by atoms with Gasteiger partial charge in [-0.1, -0.05) is 54.6 Å². The number of rotatable bonds is 4. The summed E-state index contributed by atoms with van der Waals surface area (Å²) in [5.41, 5.74) is 2.45. The van der Waals surface area contributed by atoms with E-state index in [2.05, 4.69) is 6.07 Å². The monoisotopic (exact) mass is 275 g/mol. The predicted octanol–water partition coefficient (Wildman–Crippen LogP) is 3.90. The normalized spacial score (nSPS) is 16.8. The Bertz CT molecular complexity index is 708. The van der Waals surface area contributed by atoms with E-state index in [1.807, 2.05) is 61.5 Å². The highest BCUT2D eigenvalue weighted by Gasteiger charge is 2.53. The highest BCUT2D eigenvalue weighted by molar-refractivity contribution is 6.00. The molecule has 0 saturated heterocycles. The molecule has 104 valence electrons. The maximum absolute atomic E-state index is 13.0. The molecular formula is C19H17NO. The Morgan fingerprint density at radius 3 is 2.29 bits per heavy atom. The summed E-state index contributed by atoms with van der Waals surface area (Å²) in [5, 5.41) is 9.54. The third kappa shape index (κ3) is 2.25. The van der Waals surface area contributed by atoms with Gasteiger partial charge in [-0.15, -0.1) is 0 Å². The minimum absolute atomic E-state index is 0.0468. The number of ketones is 1. The first-order valence-corrected chi connectivity index (χ1v) is 7.24. The Morgan fingerprint density at radius 2 is 1.71 bits per heavy atom. The highest BCUT2D eigenvalue weighted by Crippen LogP contribution is 2.51. The first-order chi connectivity index (χ1) is 10.2. The molecule has 2 aromatic rings. The van der Waals surface area contributed by atoms with Crippen LogP contribution in [-0.2, 0) is 10.2 Å². The molecule has 1 unspecified atom stereocenters. The van der Waals surface area contributed by atoms with Crippen LogP contribution >= 0.6 is 0 Å². The van der Waals surface area contributed by atoms with Gasteiger partial charge < -0.3 is 0 Å². The van der Waals surface area contributed by atoms with Crippen molar-refractivity contribution < 1.29 is 4.79 Å². The number of Topliss-reactive ketones (excluding diaryl/α,β-unsaturated/α-hetero) is 1. The van der Waals surface area contributed by atoms with Gasteiger partial charge in [0.1, 0.15) is 5.92 Å². The van der Waals surface area contributed by atoms with Crippen molar-refractivity contribution in [2.24, 2.45) is 0 Å². The van der Waals surface area contributed by atoms with Crippen molar-refractivity contribution in [3.05, 3.63) is 71.3 Å². The zero-order chi connectivity index (χ0) is 14.9. The zero-order valence-corrected chi connectivity index (χ0v) is 12.0. The van der Waals surface area contributed by atoms with E-state index >= 15 is 0 Å². The van der Waals surface area contributed by atoms with Crippen molar-refractivity contribution in [3.8, 4) is 6.07 Å². The molecule has 0 N–H and O–H groups in total. The van der Waals surface area contributed by atoms with Crippen molar-refractivity contribution in [1.82, 2.24) is 0 Å². The Kier molecular flexibility index (Phi) is 3.35. The average Bonchev–Trinajstić information content (AvgIpc) is 3.32. The first kappa shape index (κ1) is 13.6. The largest absolute Gasteiger partial charge is 0.297 e. The molecule has 0 aromatic heterocycles. The number of carbonyl (C=O) groups excluding carboxylic acids is 1. The number of hydrogen-bond donors (Lipinski definition) is 0. The lowest BCUT2D eigenvalue weighted by molar-refractivity contribution is -0.121. The number of hydrogen-bond acceptors (Lipinski definition) is 2. The zero-order valence-electron chi connectivity index (χ0n) is 12.0. The number of nitrogens with zero attached hydrogens (tertiary/aromatic N) is 1. The van der Waals surface area contributed by atoms with E-state index in [9.17, 15) is 10.1 Å². The van der Waals surface area contributed by atoms with Crippen molar-refractivity contribution >= 4 is 5.78 Å². The molecule has 1 atom stereocenters. The lowest BCUT2D eigenvalue weighted by Gasteiger charge is -2.19. The molecule has 0 amide bonds. The number of nitriles is 1. The third-order valence-electron chi connectivity index (χ3n) is 4.44. The first-order valence-electron chi connectivity index (χ1n) is 7.24. The second-order valence-electron chi connectivity index (χ2n) is 5.73. The fraction of sp³-hybridized carbons (Fsp3) is 0.263. The fourth-order valence-electron chi connectivity index (χ4n) is 3.02.